The maximum absolute atomic E-state index is 6.18. The number of aromatic nitrogens is 3. The Morgan fingerprint density at radius 2 is 2.00 bits per heavy atom. The summed E-state index contributed by atoms with van der Waals surface area (Å²) in [4.78, 5) is 0. The van der Waals surface area contributed by atoms with Crippen LogP contribution < -0.4 is 0 Å². The molecule has 4 nitrogen and oxygen atoms in total. The van der Waals surface area contributed by atoms with Crippen LogP contribution in [0.25, 0.3) is 0 Å². The molecule has 0 radical (unpaired) electrons. The molecule has 0 fully saturated rings. The van der Waals surface area contributed by atoms with Crippen molar-refractivity contribution in [2.45, 2.75) is 18.3 Å². The second kappa shape index (κ2) is 7.03. The van der Waals surface area contributed by atoms with E-state index in [9.17, 15) is 0 Å². The molecule has 0 unspecified atom stereocenters. The van der Waals surface area contributed by atoms with Crippen molar-refractivity contribution < 1.29 is 4.74 Å². The number of rotatable bonds is 6. The fourth-order valence-corrected chi connectivity index (χ4v) is 2.47. The summed E-state index contributed by atoms with van der Waals surface area (Å²) < 4.78 is 7.20. The molecule has 0 aliphatic heterocycles. The van der Waals surface area contributed by atoms with Crippen molar-refractivity contribution in [3.63, 3.8) is 0 Å². The van der Waals surface area contributed by atoms with Crippen molar-refractivity contribution >= 4 is 27.5 Å². The standard InChI is InChI=1S/C13H15BrClN3O/c1-19-7-6-18-12(16-17-13(18)9-14)8-10-4-2-3-5-11(10)15/h2-5H,6-9H2,1H3. The number of alkyl halides is 1. The summed E-state index contributed by atoms with van der Waals surface area (Å²) in [6.45, 7) is 1.37. The molecule has 0 N–H and O–H groups in total. The van der Waals surface area contributed by atoms with Crippen molar-refractivity contribution in [2.24, 2.45) is 0 Å². The lowest BCUT2D eigenvalue weighted by Gasteiger charge is -2.09. The average Bonchev–Trinajstić information content (AvgIpc) is 2.81. The van der Waals surface area contributed by atoms with Gasteiger partial charge in [0.25, 0.3) is 0 Å². The first-order chi connectivity index (χ1) is 9.26. The topological polar surface area (TPSA) is 39.9 Å². The highest BCUT2D eigenvalue weighted by Crippen LogP contribution is 2.19. The predicted molar refractivity (Wildman–Crippen MR) is 78.8 cm³/mol. The van der Waals surface area contributed by atoms with Gasteiger partial charge in [-0.25, -0.2) is 0 Å². The minimum absolute atomic E-state index is 0.633. The van der Waals surface area contributed by atoms with E-state index in [-0.39, 0.29) is 0 Å². The number of methoxy groups -OCH3 is 1. The molecule has 0 bridgehead atoms. The summed E-state index contributed by atoms with van der Waals surface area (Å²) in [5.74, 6) is 1.80. The summed E-state index contributed by atoms with van der Waals surface area (Å²) >= 11 is 9.60. The van der Waals surface area contributed by atoms with Crippen LogP contribution >= 0.6 is 27.5 Å². The highest BCUT2D eigenvalue weighted by atomic mass is 79.9. The minimum Gasteiger partial charge on any atom is -0.383 e. The van der Waals surface area contributed by atoms with Gasteiger partial charge in [0.2, 0.25) is 0 Å². The van der Waals surface area contributed by atoms with E-state index in [4.69, 9.17) is 16.3 Å². The fourth-order valence-electron chi connectivity index (χ4n) is 1.85. The van der Waals surface area contributed by atoms with Crippen LogP contribution in [0.15, 0.2) is 24.3 Å². The molecule has 0 saturated carbocycles. The lowest BCUT2D eigenvalue weighted by Crippen LogP contribution is -2.11. The first-order valence-electron chi connectivity index (χ1n) is 5.95. The van der Waals surface area contributed by atoms with E-state index in [2.05, 4.69) is 30.7 Å². The fraction of sp³-hybridized carbons (Fsp3) is 0.385. The lowest BCUT2D eigenvalue weighted by molar-refractivity contribution is 0.185. The maximum Gasteiger partial charge on any atom is 0.143 e. The SMILES string of the molecule is COCCn1c(CBr)nnc1Cc1ccccc1Cl. The van der Waals surface area contributed by atoms with E-state index in [0.717, 1.165) is 28.8 Å². The molecule has 1 aromatic carbocycles. The molecule has 19 heavy (non-hydrogen) atoms. The Morgan fingerprint density at radius 3 is 2.68 bits per heavy atom. The van der Waals surface area contributed by atoms with Gasteiger partial charge >= 0.3 is 0 Å². The van der Waals surface area contributed by atoms with Crippen LogP contribution in [0, 0.1) is 0 Å². The van der Waals surface area contributed by atoms with Gasteiger partial charge in [0, 0.05) is 25.1 Å². The van der Waals surface area contributed by atoms with Crippen LogP contribution in [-0.2, 0) is 23.0 Å². The van der Waals surface area contributed by atoms with E-state index >= 15 is 0 Å². The Balaban J connectivity index is 2.24. The first kappa shape index (κ1) is 14.5. The van der Waals surface area contributed by atoms with E-state index in [1.165, 1.54) is 0 Å². The Labute approximate surface area is 125 Å². The van der Waals surface area contributed by atoms with Gasteiger partial charge in [0.1, 0.15) is 11.6 Å². The molecule has 2 aromatic rings. The molecular weight excluding hydrogens is 330 g/mol. The normalized spacial score (nSPS) is 10.9. The molecule has 1 heterocycles. The van der Waals surface area contributed by atoms with Crippen LogP contribution in [0.4, 0.5) is 0 Å². The largest absolute Gasteiger partial charge is 0.383 e. The third-order valence-corrected chi connectivity index (χ3v) is 3.72. The van der Waals surface area contributed by atoms with E-state index in [1.807, 2.05) is 24.3 Å². The summed E-state index contributed by atoms with van der Waals surface area (Å²) in [5.41, 5.74) is 1.05. The van der Waals surface area contributed by atoms with Crippen LogP contribution in [0.2, 0.25) is 5.02 Å². The second-order valence-corrected chi connectivity index (χ2v) is 5.05. The van der Waals surface area contributed by atoms with Crippen LogP contribution in [0.5, 0.6) is 0 Å². The molecule has 2 rings (SSSR count). The Morgan fingerprint density at radius 1 is 1.26 bits per heavy atom. The molecule has 102 valence electrons. The van der Waals surface area contributed by atoms with E-state index < -0.39 is 0 Å². The number of benzene rings is 1. The van der Waals surface area contributed by atoms with Gasteiger partial charge in [-0.15, -0.1) is 10.2 Å². The second-order valence-electron chi connectivity index (χ2n) is 4.08. The summed E-state index contributed by atoms with van der Waals surface area (Å²) in [6, 6.07) is 7.79. The predicted octanol–water partition coefficient (Wildman–Crippen LogP) is 3.06. The van der Waals surface area contributed by atoms with Gasteiger partial charge in [-0.3, -0.25) is 0 Å². The Hall–Kier alpha value is -0.910. The van der Waals surface area contributed by atoms with Gasteiger partial charge in [-0.05, 0) is 11.6 Å². The number of hydrogen-bond acceptors (Lipinski definition) is 3. The van der Waals surface area contributed by atoms with Gasteiger partial charge in [-0.1, -0.05) is 45.7 Å². The zero-order chi connectivity index (χ0) is 13.7. The molecule has 0 amide bonds. The molecule has 0 spiro atoms. The number of halogens is 2. The van der Waals surface area contributed by atoms with Crippen molar-refractivity contribution in [3.05, 3.63) is 46.5 Å². The Bertz CT molecular complexity index is 544. The maximum atomic E-state index is 6.18. The highest BCUT2D eigenvalue weighted by molar-refractivity contribution is 9.08. The van der Waals surface area contributed by atoms with E-state index in [0.29, 0.717) is 18.4 Å². The number of nitrogens with zero attached hydrogens (tertiary/aromatic N) is 3. The van der Waals surface area contributed by atoms with Gasteiger partial charge < -0.3 is 9.30 Å². The third-order valence-electron chi connectivity index (χ3n) is 2.85. The molecule has 0 aliphatic rings. The molecule has 0 atom stereocenters. The number of ether oxygens (including phenoxy) is 1. The smallest absolute Gasteiger partial charge is 0.143 e. The number of hydrogen-bond donors (Lipinski definition) is 0. The summed E-state index contributed by atoms with van der Waals surface area (Å²) in [7, 11) is 1.69. The van der Waals surface area contributed by atoms with Crippen LogP contribution in [0.1, 0.15) is 17.2 Å². The Kier molecular flexibility index (Phi) is 5.36. The van der Waals surface area contributed by atoms with Crippen molar-refractivity contribution in [3.8, 4) is 0 Å². The molecular formula is C13H15BrClN3O. The zero-order valence-corrected chi connectivity index (χ0v) is 13.0. The van der Waals surface area contributed by atoms with Crippen molar-refractivity contribution in [2.75, 3.05) is 13.7 Å². The van der Waals surface area contributed by atoms with Gasteiger partial charge in [0.05, 0.1) is 11.9 Å². The van der Waals surface area contributed by atoms with Crippen LogP contribution in [0.3, 0.4) is 0 Å². The quantitative estimate of drug-likeness (QED) is 0.756. The molecule has 6 heteroatoms. The highest BCUT2D eigenvalue weighted by Gasteiger charge is 2.12. The van der Waals surface area contributed by atoms with Crippen molar-refractivity contribution in [1.29, 1.82) is 0 Å². The minimum atomic E-state index is 0.633. The summed E-state index contributed by atoms with van der Waals surface area (Å²) in [5, 5.41) is 9.85. The monoisotopic (exact) mass is 343 g/mol. The zero-order valence-electron chi connectivity index (χ0n) is 10.6. The van der Waals surface area contributed by atoms with Crippen LogP contribution in [-0.4, -0.2) is 28.5 Å². The summed E-state index contributed by atoms with van der Waals surface area (Å²) in [6.07, 6.45) is 0.670. The molecule has 0 aliphatic carbocycles. The lowest BCUT2D eigenvalue weighted by atomic mass is 10.1. The van der Waals surface area contributed by atoms with Gasteiger partial charge in [0.15, 0.2) is 0 Å². The first-order valence-corrected chi connectivity index (χ1v) is 7.45. The molecule has 1 aromatic heterocycles. The average molecular weight is 345 g/mol. The van der Waals surface area contributed by atoms with Gasteiger partial charge in [-0.2, -0.15) is 0 Å². The van der Waals surface area contributed by atoms with Crippen molar-refractivity contribution in [1.82, 2.24) is 14.8 Å². The van der Waals surface area contributed by atoms with E-state index in [1.54, 1.807) is 7.11 Å². The molecule has 0 saturated heterocycles. The third kappa shape index (κ3) is 3.55.